The second kappa shape index (κ2) is 9.37. The molecule has 1 atom stereocenters. The van der Waals surface area contributed by atoms with Crippen LogP contribution in [0.25, 0.3) is 33.4 Å². The van der Waals surface area contributed by atoms with Crippen LogP contribution in [0, 0.1) is 0 Å². The Hall–Kier alpha value is -3.16. The summed E-state index contributed by atoms with van der Waals surface area (Å²) in [6, 6.07) is 21.1. The van der Waals surface area contributed by atoms with Crippen molar-refractivity contribution in [3.63, 3.8) is 0 Å². The molecular weight excluding hydrogens is 468 g/mol. The molecule has 0 radical (unpaired) electrons. The fourth-order valence-electron chi connectivity index (χ4n) is 5.19. The van der Waals surface area contributed by atoms with Gasteiger partial charge in [-0.05, 0) is 68.3 Å². The summed E-state index contributed by atoms with van der Waals surface area (Å²) in [7, 11) is -1.19. The largest absolute Gasteiger partial charge is 0.366 e. The Morgan fingerprint density at radius 1 is 0.917 bits per heavy atom. The summed E-state index contributed by atoms with van der Waals surface area (Å²) in [4.78, 5) is 10.1. The molecule has 1 unspecified atom stereocenters. The van der Waals surface area contributed by atoms with E-state index in [1.165, 1.54) is 11.9 Å². The highest BCUT2D eigenvalue weighted by molar-refractivity contribution is 7.90. The molecule has 0 bridgehead atoms. The van der Waals surface area contributed by atoms with Gasteiger partial charge in [-0.1, -0.05) is 24.3 Å². The first-order valence-corrected chi connectivity index (χ1v) is 14.4. The first-order valence-electron chi connectivity index (χ1n) is 12.5. The summed E-state index contributed by atoms with van der Waals surface area (Å²) in [5.74, 6) is 0. The Kier molecular flexibility index (Phi) is 6.39. The maximum absolute atomic E-state index is 11.8. The van der Waals surface area contributed by atoms with Gasteiger partial charge in [-0.3, -0.25) is 9.88 Å². The van der Waals surface area contributed by atoms with E-state index in [2.05, 4.69) is 71.5 Å². The van der Waals surface area contributed by atoms with Crippen molar-refractivity contribution in [2.75, 3.05) is 30.8 Å². The maximum Gasteiger partial charge on any atom is 0.175 e. The Morgan fingerprint density at radius 2 is 1.58 bits per heavy atom. The molecule has 4 aromatic rings. The van der Waals surface area contributed by atoms with Crippen molar-refractivity contribution in [1.82, 2.24) is 14.5 Å². The number of pyridine rings is 1. The first-order chi connectivity index (χ1) is 17.1. The van der Waals surface area contributed by atoms with Crippen LogP contribution in [0.4, 0.5) is 5.69 Å². The zero-order chi connectivity index (χ0) is 25.6. The lowest BCUT2D eigenvalue weighted by Crippen LogP contribution is -2.53. The molecule has 5 rings (SSSR count). The van der Waals surface area contributed by atoms with Crippen molar-refractivity contribution >= 4 is 26.6 Å². The van der Waals surface area contributed by atoms with E-state index in [4.69, 9.17) is 4.98 Å². The third-order valence-electron chi connectivity index (χ3n) is 7.39. The molecule has 188 valence electrons. The number of aromatic nitrogens is 2. The van der Waals surface area contributed by atoms with Gasteiger partial charge in [0.25, 0.3) is 0 Å². The van der Waals surface area contributed by atoms with E-state index in [9.17, 15) is 8.42 Å². The average Bonchev–Trinajstić information content (AvgIpc) is 3.19. The van der Waals surface area contributed by atoms with Gasteiger partial charge in [0, 0.05) is 62.5 Å². The monoisotopic (exact) mass is 502 g/mol. The minimum Gasteiger partial charge on any atom is -0.366 e. The third-order valence-corrected chi connectivity index (χ3v) is 8.52. The van der Waals surface area contributed by atoms with Gasteiger partial charge in [-0.2, -0.15) is 0 Å². The lowest BCUT2D eigenvalue weighted by atomic mass is 10.1. The van der Waals surface area contributed by atoms with E-state index >= 15 is 0 Å². The molecule has 0 aliphatic carbocycles. The van der Waals surface area contributed by atoms with E-state index in [0.29, 0.717) is 17.0 Å². The number of hydrogen-bond acceptors (Lipinski definition) is 5. The molecule has 36 heavy (non-hydrogen) atoms. The lowest BCUT2D eigenvalue weighted by molar-refractivity contribution is 0.185. The van der Waals surface area contributed by atoms with Crippen molar-refractivity contribution in [3.8, 4) is 22.4 Å². The normalized spacial score (nSPS) is 17.3. The molecule has 3 heterocycles. The molecule has 1 aliphatic heterocycles. The summed E-state index contributed by atoms with van der Waals surface area (Å²) in [6.45, 7) is 10.1. The van der Waals surface area contributed by atoms with Gasteiger partial charge in [-0.25, -0.2) is 8.42 Å². The van der Waals surface area contributed by atoms with E-state index in [1.807, 2.05) is 25.4 Å². The number of benzene rings is 2. The van der Waals surface area contributed by atoms with Crippen molar-refractivity contribution in [1.29, 1.82) is 0 Å². The number of hydrogen-bond donors (Lipinski definition) is 0. The molecule has 1 fully saturated rings. The van der Waals surface area contributed by atoms with E-state index in [-0.39, 0.29) is 0 Å². The molecule has 2 aromatic carbocycles. The van der Waals surface area contributed by atoms with Crippen LogP contribution in [0.1, 0.15) is 20.8 Å². The van der Waals surface area contributed by atoms with Crippen LogP contribution in [-0.4, -0.2) is 60.8 Å². The molecule has 2 aromatic heterocycles. The van der Waals surface area contributed by atoms with Gasteiger partial charge in [0.15, 0.2) is 9.84 Å². The van der Waals surface area contributed by atoms with Gasteiger partial charge in [-0.15, -0.1) is 0 Å². The molecule has 0 amide bonds. The number of piperazine rings is 1. The minimum absolute atomic E-state index is 0.324. The highest BCUT2D eigenvalue weighted by Crippen LogP contribution is 2.31. The molecule has 6 nitrogen and oxygen atoms in total. The second-order valence-corrected chi connectivity index (χ2v) is 12.2. The summed E-state index contributed by atoms with van der Waals surface area (Å²) >= 11 is 0. The number of nitrogens with zero attached hydrogens (tertiary/aromatic N) is 4. The summed E-state index contributed by atoms with van der Waals surface area (Å²) in [5.41, 5.74) is 7.39. The summed E-state index contributed by atoms with van der Waals surface area (Å²) in [5, 5.41) is 0. The second-order valence-electron chi connectivity index (χ2n) is 10.2. The van der Waals surface area contributed by atoms with E-state index in [0.717, 1.165) is 53.1 Å². The fourth-order valence-corrected chi connectivity index (χ4v) is 5.82. The standard InChI is InChI=1S/C29H34N4O2S/c1-20(2)32-14-15-33(21(3)19-32)25-10-6-22(7-11-25)24-16-29-27(30-18-24)17-28(31(29)4)23-8-12-26(13-9-23)36(5,34)35/h6-13,16-18,20-21H,14-15,19H2,1-5H3. The quantitative estimate of drug-likeness (QED) is 0.374. The van der Waals surface area contributed by atoms with Crippen LogP contribution in [0.15, 0.2) is 71.8 Å². The van der Waals surface area contributed by atoms with Crippen LogP contribution in [0.5, 0.6) is 0 Å². The van der Waals surface area contributed by atoms with E-state index in [1.54, 1.807) is 12.1 Å². The summed E-state index contributed by atoms with van der Waals surface area (Å²) in [6.07, 6.45) is 3.15. The Morgan fingerprint density at radius 3 is 2.19 bits per heavy atom. The van der Waals surface area contributed by atoms with Gasteiger partial charge in [0.1, 0.15) is 0 Å². The van der Waals surface area contributed by atoms with E-state index < -0.39 is 9.84 Å². The predicted molar refractivity (Wildman–Crippen MR) is 148 cm³/mol. The van der Waals surface area contributed by atoms with Crippen LogP contribution >= 0.6 is 0 Å². The molecule has 7 heteroatoms. The molecule has 1 aliphatic rings. The molecule has 1 saturated heterocycles. The van der Waals surface area contributed by atoms with Crippen LogP contribution in [0.2, 0.25) is 0 Å². The molecule has 0 spiro atoms. The first kappa shape index (κ1) is 24.5. The fraction of sp³-hybridized carbons (Fsp3) is 0.345. The minimum atomic E-state index is -3.22. The number of sulfone groups is 1. The Balaban J connectivity index is 1.40. The molecule has 0 saturated carbocycles. The van der Waals surface area contributed by atoms with Crippen LogP contribution in [0.3, 0.4) is 0 Å². The summed E-state index contributed by atoms with van der Waals surface area (Å²) < 4.78 is 25.7. The predicted octanol–water partition coefficient (Wildman–Crippen LogP) is 5.23. The third kappa shape index (κ3) is 4.65. The SMILES string of the molecule is CC(C)N1CCN(c2ccc(-c3cnc4cc(-c5ccc(S(C)(=O)=O)cc5)n(C)c4c3)cc2)C(C)C1. The molecule has 0 N–H and O–H groups in total. The Labute approximate surface area is 214 Å². The van der Waals surface area contributed by atoms with Gasteiger partial charge in [0.2, 0.25) is 0 Å². The highest BCUT2D eigenvalue weighted by Gasteiger charge is 2.25. The topological polar surface area (TPSA) is 58.4 Å². The zero-order valence-electron chi connectivity index (χ0n) is 21.6. The Bertz CT molecular complexity index is 1490. The van der Waals surface area contributed by atoms with Crippen molar-refractivity contribution in [3.05, 3.63) is 66.9 Å². The smallest absolute Gasteiger partial charge is 0.175 e. The average molecular weight is 503 g/mol. The maximum atomic E-state index is 11.8. The van der Waals surface area contributed by atoms with Crippen molar-refractivity contribution < 1.29 is 8.42 Å². The van der Waals surface area contributed by atoms with Crippen LogP contribution < -0.4 is 4.90 Å². The number of anilines is 1. The van der Waals surface area contributed by atoms with Crippen molar-refractivity contribution in [2.24, 2.45) is 7.05 Å². The number of rotatable bonds is 5. The molecular formula is C29H34N4O2S. The van der Waals surface area contributed by atoms with Gasteiger partial charge >= 0.3 is 0 Å². The van der Waals surface area contributed by atoms with Crippen LogP contribution in [-0.2, 0) is 16.9 Å². The van der Waals surface area contributed by atoms with Crippen molar-refractivity contribution in [2.45, 2.75) is 37.8 Å². The number of fused-ring (bicyclic) bond motifs is 1. The lowest BCUT2D eigenvalue weighted by Gasteiger charge is -2.43. The number of aryl methyl sites for hydroxylation is 1. The van der Waals surface area contributed by atoms with Gasteiger partial charge in [0.05, 0.1) is 21.6 Å². The van der Waals surface area contributed by atoms with Gasteiger partial charge < -0.3 is 9.47 Å². The highest BCUT2D eigenvalue weighted by atomic mass is 32.2. The zero-order valence-corrected chi connectivity index (χ0v) is 22.5.